The van der Waals surface area contributed by atoms with Gasteiger partial charge in [0.2, 0.25) is 0 Å². The summed E-state index contributed by atoms with van der Waals surface area (Å²) in [7, 11) is -2.53. The van der Waals surface area contributed by atoms with Crippen molar-refractivity contribution in [3.8, 4) is 0 Å². The normalized spacial score (nSPS) is 25.9. The molecule has 1 heterocycles. The van der Waals surface area contributed by atoms with E-state index in [1.807, 2.05) is 13.8 Å². The van der Waals surface area contributed by atoms with Crippen LogP contribution in [0.2, 0.25) is 5.04 Å². The molecule has 4 rings (SSSR count). The number of hydrogen-bond acceptors (Lipinski definition) is 3. The third-order valence-corrected chi connectivity index (χ3v) is 11.0. The van der Waals surface area contributed by atoms with Crippen LogP contribution in [-0.4, -0.2) is 32.9 Å². The second-order valence-corrected chi connectivity index (χ2v) is 13.9. The molecular formula is C25H32O3Si. The molecule has 0 aromatic heterocycles. The van der Waals surface area contributed by atoms with Gasteiger partial charge in [0, 0.05) is 12.5 Å². The lowest BCUT2D eigenvalue weighted by atomic mass is 10.1. The van der Waals surface area contributed by atoms with Crippen LogP contribution in [0.25, 0.3) is 0 Å². The van der Waals surface area contributed by atoms with Gasteiger partial charge in [0.1, 0.15) is 6.10 Å². The highest BCUT2D eigenvalue weighted by Gasteiger charge is 2.52. The molecule has 0 N–H and O–H groups in total. The minimum atomic E-state index is -2.53. The molecule has 1 fully saturated rings. The Morgan fingerprint density at radius 3 is 1.93 bits per heavy atom. The first-order valence-electron chi connectivity index (χ1n) is 10.5. The van der Waals surface area contributed by atoms with Crippen molar-refractivity contribution < 1.29 is 13.9 Å². The van der Waals surface area contributed by atoms with Crippen LogP contribution in [0.15, 0.2) is 72.8 Å². The zero-order valence-electron chi connectivity index (χ0n) is 18.1. The largest absolute Gasteiger partial charge is 0.407 e. The van der Waals surface area contributed by atoms with Crippen molar-refractivity contribution in [3.05, 3.63) is 72.8 Å². The molecule has 1 unspecified atom stereocenters. The van der Waals surface area contributed by atoms with Crippen molar-refractivity contribution in [2.45, 2.75) is 57.7 Å². The van der Waals surface area contributed by atoms with Crippen LogP contribution in [0.5, 0.6) is 0 Å². The van der Waals surface area contributed by atoms with Crippen molar-refractivity contribution in [1.29, 1.82) is 0 Å². The molecule has 3 atom stereocenters. The maximum Gasteiger partial charge on any atom is 0.261 e. The Bertz CT molecular complexity index is 815. The molecule has 0 radical (unpaired) electrons. The molecule has 4 heteroatoms. The molecule has 1 saturated heterocycles. The van der Waals surface area contributed by atoms with E-state index in [4.69, 9.17) is 13.9 Å². The van der Waals surface area contributed by atoms with E-state index < -0.39 is 14.1 Å². The lowest BCUT2D eigenvalue weighted by Gasteiger charge is -2.43. The summed E-state index contributed by atoms with van der Waals surface area (Å²) in [5.74, 6) is -0.334. The van der Waals surface area contributed by atoms with E-state index in [-0.39, 0.29) is 23.2 Å². The van der Waals surface area contributed by atoms with Crippen LogP contribution in [0, 0.1) is 5.92 Å². The molecule has 1 aliphatic heterocycles. The van der Waals surface area contributed by atoms with E-state index in [1.54, 1.807) is 0 Å². The standard InChI is InChI=1S/C25H32O3Si/c1-24(2,3)29(20-12-8-6-9-13-20,21-14-10-7-11-15-21)26-18-19-16-17-22-23(19)28-25(4,5)27-22/h6-17,19,22-23H,18H2,1-5H3/t19?,22-,23+/m0/s1. The van der Waals surface area contributed by atoms with Gasteiger partial charge in [0.05, 0.1) is 6.10 Å². The molecule has 2 aromatic carbocycles. The monoisotopic (exact) mass is 408 g/mol. The van der Waals surface area contributed by atoms with Gasteiger partial charge in [-0.25, -0.2) is 0 Å². The maximum absolute atomic E-state index is 7.08. The Morgan fingerprint density at radius 2 is 1.41 bits per heavy atom. The summed E-state index contributed by atoms with van der Waals surface area (Å²) in [4.78, 5) is 0. The number of fused-ring (bicyclic) bond motifs is 1. The van der Waals surface area contributed by atoms with E-state index in [1.165, 1.54) is 10.4 Å². The molecule has 154 valence electrons. The molecule has 0 amide bonds. The third-order valence-electron chi connectivity index (χ3n) is 6.04. The van der Waals surface area contributed by atoms with Crippen LogP contribution in [-0.2, 0) is 13.9 Å². The van der Waals surface area contributed by atoms with Gasteiger partial charge < -0.3 is 13.9 Å². The van der Waals surface area contributed by atoms with E-state index in [9.17, 15) is 0 Å². The topological polar surface area (TPSA) is 27.7 Å². The highest BCUT2D eigenvalue weighted by Crippen LogP contribution is 2.40. The number of hydrogen-bond donors (Lipinski definition) is 0. The maximum atomic E-state index is 7.08. The van der Waals surface area contributed by atoms with Crippen molar-refractivity contribution in [2.75, 3.05) is 6.61 Å². The quantitative estimate of drug-likeness (QED) is 0.546. The summed E-state index contributed by atoms with van der Waals surface area (Å²) in [6.45, 7) is 11.5. The highest BCUT2D eigenvalue weighted by molar-refractivity contribution is 6.99. The van der Waals surface area contributed by atoms with Crippen LogP contribution < -0.4 is 10.4 Å². The van der Waals surface area contributed by atoms with E-state index in [0.717, 1.165) is 0 Å². The third kappa shape index (κ3) is 3.75. The number of rotatable bonds is 5. The predicted octanol–water partition coefficient (Wildman–Crippen LogP) is 4.27. The molecule has 0 saturated carbocycles. The predicted molar refractivity (Wildman–Crippen MR) is 120 cm³/mol. The summed E-state index contributed by atoms with van der Waals surface area (Å²) in [6, 6.07) is 21.6. The van der Waals surface area contributed by atoms with Crippen molar-refractivity contribution in [2.24, 2.45) is 5.92 Å². The van der Waals surface area contributed by atoms with Gasteiger partial charge in [-0.15, -0.1) is 0 Å². The lowest BCUT2D eigenvalue weighted by Crippen LogP contribution is -2.67. The summed E-state index contributed by atoms with van der Waals surface area (Å²) in [5, 5.41) is 2.59. The van der Waals surface area contributed by atoms with Gasteiger partial charge >= 0.3 is 0 Å². The van der Waals surface area contributed by atoms with Crippen molar-refractivity contribution >= 4 is 18.7 Å². The van der Waals surface area contributed by atoms with Crippen molar-refractivity contribution in [1.82, 2.24) is 0 Å². The first kappa shape index (κ1) is 20.5. The van der Waals surface area contributed by atoms with Gasteiger partial charge in [0.15, 0.2) is 5.79 Å². The number of ether oxygens (including phenoxy) is 2. The van der Waals surface area contributed by atoms with Gasteiger partial charge in [0.25, 0.3) is 8.32 Å². The smallest absolute Gasteiger partial charge is 0.261 e. The fourth-order valence-corrected chi connectivity index (χ4v) is 9.39. The molecule has 2 aliphatic rings. The van der Waals surface area contributed by atoms with Gasteiger partial charge in [-0.1, -0.05) is 93.6 Å². The Morgan fingerprint density at radius 1 is 0.862 bits per heavy atom. The zero-order chi connectivity index (χ0) is 20.7. The lowest BCUT2D eigenvalue weighted by molar-refractivity contribution is -0.148. The minimum absolute atomic E-state index is 0.0241. The molecule has 3 nitrogen and oxygen atoms in total. The van der Waals surface area contributed by atoms with Crippen LogP contribution in [0.4, 0.5) is 0 Å². The summed E-state index contributed by atoms with van der Waals surface area (Å²) in [5.41, 5.74) is 0. The first-order chi connectivity index (χ1) is 13.7. The van der Waals surface area contributed by atoms with E-state index in [0.29, 0.717) is 6.61 Å². The van der Waals surface area contributed by atoms with E-state index in [2.05, 4.69) is 93.6 Å². The van der Waals surface area contributed by atoms with E-state index >= 15 is 0 Å². The Hall–Kier alpha value is -1.72. The van der Waals surface area contributed by atoms with Crippen LogP contribution in [0.1, 0.15) is 34.6 Å². The fourth-order valence-electron chi connectivity index (χ4n) is 4.79. The second-order valence-electron chi connectivity index (χ2n) is 9.59. The van der Waals surface area contributed by atoms with Crippen molar-refractivity contribution in [3.63, 3.8) is 0 Å². The molecule has 29 heavy (non-hydrogen) atoms. The Balaban J connectivity index is 1.69. The first-order valence-corrected chi connectivity index (χ1v) is 12.4. The van der Waals surface area contributed by atoms with Gasteiger partial charge in [-0.3, -0.25) is 0 Å². The molecule has 2 aromatic rings. The Labute approximate surface area is 175 Å². The fraction of sp³-hybridized carbons (Fsp3) is 0.440. The van der Waals surface area contributed by atoms with Gasteiger partial charge in [-0.2, -0.15) is 0 Å². The SMILES string of the molecule is CC1(C)O[C@H]2C=CC(CO[Si](c3ccccc3)(c3ccccc3)C(C)(C)C)[C@H]2O1. The summed E-state index contributed by atoms with van der Waals surface area (Å²) in [6.07, 6.45) is 4.40. The molecule has 1 aliphatic carbocycles. The zero-order valence-corrected chi connectivity index (χ0v) is 19.1. The van der Waals surface area contributed by atoms with Crippen LogP contribution in [0.3, 0.4) is 0 Å². The molecular weight excluding hydrogens is 376 g/mol. The van der Waals surface area contributed by atoms with Crippen LogP contribution >= 0.6 is 0 Å². The number of benzene rings is 2. The summed E-state index contributed by atoms with van der Waals surface area (Å²) >= 11 is 0. The average Bonchev–Trinajstić information content (AvgIpc) is 3.18. The minimum Gasteiger partial charge on any atom is -0.407 e. The second kappa shape index (κ2) is 7.51. The van der Waals surface area contributed by atoms with Gasteiger partial charge in [-0.05, 0) is 29.3 Å². The average molecular weight is 409 g/mol. The molecule has 0 spiro atoms. The summed E-state index contributed by atoms with van der Waals surface area (Å²) < 4.78 is 19.3. The highest BCUT2D eigenvalue weighted by atomic mass is 28.4. The Kier molecular flexibility index (Phi) is 5.32. The molecule has 0 bridgehead atoms.